The monoisotopic (exact) mass is 257 g/mol. The quantitative estimate of drug-likeness (QED) is 0.323. The lowest BCUT2D eigenvalue weighted by Gasteiger charge is -2.06. The fourth-order valence-electron chi connectivity index (χ4n) is 1.18. The number of nitrogens with one attached hydrogen (secondary N) is 1. The van der Waals surface area contributed by atoms with E-state index in [0.717, 1.165) is 12.7 Å². The third-order valence-electron chi connectivity index (χ3n) is 2.09. The van der Waals surface area contributed by atoms with Gasteiger partial charge in [-0.25, -0.2) is 0 Å². The van der Waals surface area contributed by atoms with Gasteiger partial charge in [0.1, 0.15) is 6.29 Å². The van der Waals surface area contributed by atoms with E-state index in [1.54, 1.807) is 0 Å². The van der Waals surface area contributed by atoms with Crippen molar-refractivity contribution in [2.45, 2.75) is 26.2 Å². The zero-order valence-corrected chi connectivity index (χ0v) is 11.0. The highest BCUT2D eigenvalue weighted by molar-refractivity contribution is 5.77. The third kappa shape index (κ3) is 12.9. The fraction of sp³-hybridized carbons (Fsp3) is 0.692. The van der Waals surface area contributed by atoms with Crippen LogP contribution in [0.1, 0.15) is 26.2 Å². The number of carbonyl (C=O) groups is 2. The number of hydrogen-bond donors (Lipinski definition) is 1. The van der Waals surface area contributed by atoms with Crippen molar-refractivity contribution in [3.63, 3.8) is 0 Å². The SMILES string of the molecule is C/C=C/CCOCCOCCNC(=O)CCC=O. The first-order valence-electron chi connectivity index (χ1n) is 6.28. The third-order valence-corrected chi connectivity index (χ3v) is 2.09. The zero-order chi connectivity index (χ0) is 13.5. The van der Waals surface area contributed by atoms with Gasteiger partial charge in [-0.1, -0.05) is 12.2 Å². The summed E-state index contributed by atoms with van der Waals surface area (Å²) in [5.41, 5.74) is 0. The highest BCUT2D eigenvalue weighted by atomic mass is 16.5. The number of allylic oxidation sites excluding steroid dienone is 1. The lowest BCUT2D eigenvalue weighted by atomic mass is 10.3. The summed E-state index contributed by atoms with van der Waals surface area (Å²) in [4.78, 5) is 21.1. The second-order valence-corrected chi connectivity index (χ2v) is 3.64. The Labute approximate surface area is 109 Å². The summed E-state index contributed by atoms with van der Waals surface area (Å²) in [6.07, 6.45) is 6.22. The van der Waals surface area contributed by atoms with Gasteiger partial charge in [-0.2, -0.15) is 0 Å². The van der Waals surface area contributed by atoms with Gasteiger partial charge in [-0.15, -0.1) is 0 Å². The molecule has 5 heteroatoms. The maximum atomic E-state index is 11.1. The molecule has 0 fully saturated rings. The van der Waals surface area contributed by atoms with Crippen molar-refractivity contribution in [3.05, 3.63) is 12.2 Å². The summed E-state index contributed by atoms with van der Waals surface area (Å²) in [6, 6.07) is 0. The van der Waals surface area contributed by atoms with Crippen LogP contribution in [0.15, 0.2) is 12.2 Å². The van der Waals surface area contributed by atoms with Crippen LogP contribution in [-0.4, -0.2) is 45.2 Å². The first-order chi connectivity index (χ1) is 8.81. The summed E-state index contributed by atoms with van der Waals surface area (Å²) in [6.45, 7) is 4.71. The van der Waals surface area contributed by atoms with Gasteiger partial charge in [0, 0.05) is 19.4 Å². The lowest BCUT2D eigenvalue weighted by Crippen LogP contribution is -2.27. The molecule has 0 bridgehead atoms. The molecular formula is C13H23NO4. The minimum Gasteiger partial charge on any atom is -0.379 e. The van der Waals surface area contributed by atoms with Gasteiger partial charge in [0.05, 0.1) is 26.4 Å². The normalized spacial score (nSPS) is 10.7. The van der Waals surface area contributed by atoms with E-state index in [1.165, 1.54) is 0 Å². The van der Waals surface area contributed by atoms with Gasteiger partial charge in [0.25, 0.3) is 0 Å². The van der Waals surface area contributed by atoms with Crippen molar-refractivity contribution < 1.29 is 19.1 Å². The van der Waals surface area contributed by atoms with Crippen molar-refractivity contribution in [1.82, 2.24) is 5.32 Å². The van der Waals surface area contributed by atoms with E-state index >= 15 is 0 Å². The van der Waals surface area contributed by atoms with Crippen LogP contribution in [0.4, 0.5) is 0 Å². The van der Waals surface area contributed by atoms with E-state index in [4.69, 9.17) is 9.47 Å². The highest BCUT2D eigenvalue weighted by Crippen LogP contribution is 1.86. The first kappa shape index (κ1) is 16.8. The molecule has 0 aromatic rings. The minimum absolute atomic E-state index is 0.117. The smallest absolute Gasteiger partial charge is 0.220 e. The van der Waals surface area contributed by atoms with Crippen LogP contribution in [0.3, 0.4) is 0 Å². The molecule has 5 nitrogen and oxygen atoms in total. The lowest BCUT2D eigenvalue weighted by molar-refractivity contribution is -0.122. The maximum absolute atomic E-state index is 11.1. The molecule has 0 radical (unpaired) electrons. The Bertz CT molecular complexity index is 241. The second kappa shape index (κ2) is 13.9. The number of carbonyl (C=O) groups excluding carboxylic acids is 2. The van der Waals surface area contributed by atoms with Crippen LogP contribution < -0.4 is 5.32 Å². The summed E-state index contributed by atoms with van der Waals surface area (Å²) >= 11 is 0. The van der Waals surface area contributed by atoms with Crippen molar-refractivity contribution in [3.8, 4) is 0 Å². The predicted molar refractivity (Wildman–Crippen MR) is 69.4 cm³/mol. The van der Waals surface area contributed by atoms with Crippen LogP contribution in [0, 0.1) is 0 Å². The molecule has 0 saturated heterocycles. The standard InChI is InChI=1S/C13H23NO4/c1-2-3-4-9-17-11-12-18-10-7-14-13(16)6-5-8-15/h2-3,8H,4-7,9-12H2,1H3,(H,14,16)/b3-2+. The van der Waals surface area contributed by atoms with Gasteiger partial charge in [0.2, 0.25) is 5.91 Å². The van der Waals surface area contributed by atoms with E-state index in [9.17, 15) is 9.59 Å². The Morgan fingerprint density at radius 2 is 1.83 bits per heavy atom. The van der Waals surface area contributed by atoms with E-state index < -0.39 is 0 Å². The van der Waals surface area contributed by atoms with Gasteiger partial charge in [-0.05, 0) is 13.3 Å². The van der Waals surface area contributed by atoms with Crippen LogP contribution in [-0.2, 0) is 19.1 Å². The molecule has 0 aliphatic rings. The van der Waals surface area contributed by atoms with Crippen molar-refractivity contribution in [2.75, 3.05) is 33.0 Å². The number of rotatable bonds is 12. The van der Waals surface area contributed by atoms with Crippen molar-refractivity contribution in [2.24, 2.45) is 0 Å². The summed E-state index contributed by atoms with van der Waals surface area (Å²) in [5.74, 6) is -0.117. The number of aldehydes is 1. The van der Waals surface area contributed by atoms with Crippen LogP contribution >= 0.6 is 0 Å². The largest absolute Gasteiger partial charge is 0.379 e. The molecule has 1 N–H and O–H groups in total. The Hall–Kier alpha value is -1.20. The molecule has 0 aromatic heterocycles. The Morgan fingerprint density at radius 1 is 1.11 bits per heavy atom. The maximum Gasteiger partial charge on any atom is 0.220 e. The van der Waals surface area contributed by atoms with Crippen LogP contribution in [0.5, 0.6) is 0 Å². The molecule has 0 aliphatic heterocycles. The molecule has 0 aromatic carbocycles. The van der Waals surface area contributed by atoms with E-state index in [0.29, 0.717) is 33.0 Å². The average molecular weight is 257 g/mol. The fourth-order valence-corrected chi connectivity index (χ4v) is 1.18. The van der Waals surface area contributed by atoms with Crippen molar-refractivity contribution >= 4 is 12.2 Å². The Morgan fingerprint density at radius 3 is 2.50 bits per heavy atom. The Balaban J connectivity index is 3.11. The summed E-state index contributed by atoms with van der Waals surface area (Å²) < 4.78 is 10.6. The van der Waals surface area contributed by atoms with Gasteiger partial charge in [-0.3, -0.25) is 4.79 Å². The van der Waals surface area contributed by atoms with E-state index in [-0.39, 0.29) is 18.7 Å². The van der Waals surface area contributed by atoms with Crippen LogP contribution in [0.25, 0.3) is 0 Å². The predicted octanol–water partition coefficient (Wildman–Crippen LogP) is 1.08. The summed E-state index contributed by atoms with van der Waals surface area (Å²) in [7, 11) is 0. The molecule has 0 rings (SSSR count). The van der Waals surface area contributed by atoms with E-state index in [1.807, 2.05) is 13.0 Å². The van der Waals surface area contributed by atoms with Crippen molar-refractivity contribution in [1.29, 1.82) is 0 Å². The number of hydrogen-bond acceptors (Lipinski definition) is 4. The van der Waals surface area contributed by atoms with Gasteiger partial charge < -0.3 is 19.6 Å². The molecule has 0 aliphatic carbocycles. The number of ether oxygens (including phenoxy) is 2. The van der Waals surface area contributed by atoms with Gasteiger partial charge in [0.15, 0.2) is 0 Å². The van der Waals surface area contributed by atoms with Gasteiger partial charge >= 0.3 is 0 Å². The molecule has 0 heterocycles. The van der Waals surface area contributed by atoms with E-state index in [2.05, 4.69) is 11.4 Å². The topological polar surface area (TPSA) is 64.6 Å². The molecule has 18 heavy (non-hydrogen) atoms. The molecule has 104 valence electrons. The number of amides is 1. The molecular weight excluding hydrogens is 234 g/mol. The first-order valence-corrected chi connectivity index (χ1v) is 6.28. The summed E-state index contributed by atoms with van der Waals surface area (Å²) in [5, 5.41) is 2.66. The molecule has 1 amide bonds. The average Bonchev–Trinajstić information content (AvgIpc) is 2.38. The highest BCUT2D eigenvalue weighted by Gasteiger charge is 1.98. The molecule has 0 unspecified atom stereocenters. The molecule has 0 saturated carbocycles. The minimum atomic E-state index is -0.117. The van der Waals surface area contributed by atoms with Crippen LogP contribution in [0.2, 0.25) is 0 Å². The zero-order valence-electron chi connectivity index (χ0n) is 11.0. The molecule has 0 atom stereocenters. The second-order valence-electron chi connectivity index (χ2n) is 3.64. The Kier molecular flexibility index (Phi) is 12.9. The molecule has 0 spiro atoms.